The average Bonchev–Trinajstić information content (AvgIpc) is 3.02. The van der Waals surface area contributed by atoms with Gasteiger partial charge in [0, 0.05) is 10.9 Å². The molecule has 0 saturated carbocycles. The number of hydrogen-bond acceptors (Lipinski definition) is 4. The summed E-state index contributed by atoms with van der Waals surface area (Å²) in [4.78, 5) is 32.1. The molecule has 0 saturated heterocycles. The van der Waals surface area contributed by atoms with Crippen LogP contribution >= 0.6 is 11.3 Å². The van der Waals surface area contributed by atoms with E-state index in [4.69, 9.17) is 0 Å². The van der Waals surface area contributed by atoms with Crippen LogP contribution in [0.2, 0.25) is 0 Å². The third-order valence-electron chi connectivity index (χ3n) is 3.60. The van der Waals surface area contributed by atoms with Crippen LogP contribution < -0.4 is 10.2 Å². The standard InChI is InChI=1S/C18H19N3O2S/c1-12(2)19-17(22)11-21-15-7-4-3-6-13(15)20-14(10-18(21)23)16-8-5-9-24-16/h3-9,12H,10-11H2,1-2H3,(H,19,22). The number of nitrogens with one attached hydrogen (secondary N) is 1. The summed E-state index contributed by atoms with van der Waals surface area (Å²) in [6.45, 7) is 3.80. The number of fused-ring (bicyclic) bond motifs is 1. The third kappa shape index (κ3) is 3.54. The van der Waals surface area contributed by atoms with Crippen LogP contribution in [-0.4, -0.2) is 30.1 Å². The molecule has 1 aromatic heterocycles. The number of aliphatic imine (C=N–C) groups is 1. The van der Waals surface area contributed by atoms with Crippen molar-refractivity contribution in [2.45, 2.75) is 26.3 Å². The van der Waals surface area contributed by atoms with Gasteiger partial charge < -0.3 is 10.2 Å². The van der Waals surface area contributed by atoms with Crippen LogP contribution in [0.3, 0.4) is 0 Å². The van der Waals surface area contributed by atoms with E-state index in [0.717, 1.165) is 10.6 Å². The molecule has 0 spiro atoms. The van der Waals surface area contributed by atoms with Crippen LogP contribution in [0, 0.1) is 0 Å². The minimum Gasteiger partial charge on any atom is -0.352 e. The van der Waals surface area contributed by atoms with Crippen molar-refractivity contribution in [2.24, 2.45) is 4.99 Å². The van der Waals surface area contributed by atoms with Crippen LogP contribution in [-0.2, 0) is 9.59 Å². The molecule has 2 aromatic rings. The van der Waals surface area contributed by atoms with Crippen LogP contribution in [0.4, 0.5) is 11.4 Å². The van der Waals surface area contributed by atoms with Gasteiger partial charge in [-0.1, -0.05) is 18.2 Å². The third-order valence-corrected chi connectivity index (χ3v) is 4.52. The molecule has 1 aliphatic heterocycles. The van der Waals surface area contributed by atoms with E-state index in [1.165, 1.54) is 4.90 Å². The van der Waals surface area contributed by atoms with E-state index in [-0.39, 0.29) is 30.8 Å². The highest BCUT2D eigenvalue weighted by molar-refractivity contribution is 7.12. The molecule has 5 nitrogen and oxygen atoms in total. The fraction of sp³-hybridized carbons (Fsp3) is 0.278. The predicted molar refractivity (Wildman–Crippen MR) is 97.2 cm³/mol. The zero-order chi connectivity index (χ0) is 17.1. The fourth-order valence-electron chi connectivity index (χ4n) is 2.61. The molecule has 1 aromatic carbocycles. The highest BCUT2D eigenvalue weighted by Gasteiger charge is 2.26. The van der Waals surface area contributed by atoms with E-state index < -0.39 is 0 Å². The number of benzene rings is 1. The molecular formula is C18H19N3O2S. The van der Waals surface area contributed by atoms with Gasteiger partial charge in [-0.15, -0.1) is 11.3 Å². The Bertz CT molecular complexity index is 781. The number of nitrogens with zero attached hydrogens (tertiary/aromatic N) is 2. The number of rotatable bonds is 4. The van der Waals surface area contributed by atoms with Crippen molar-refractivity contribution in [2.75, 3.05) is 11.4 Å². The summed E-state index contributed by atoms with van der Waals surface area (Å²) in [5.74, 6) is -0.293. The van der Waals surface area contributed by atoms with Crippen LogP contribution in [0.1, 0.15) is 25.1 Å². The molecule has 0 bridgehead atoms. The van der Waals surface area contributed by atoms with E-state index >= 15 is 0 Å². The number of para-hydroxylation sites is 2. The van der Waals surface area contributed by atoms with Crippen molar-refractivity contribution in [3.63, 3.8) is 0 Å². The monoisotopic (exact) mass is 341 g/mol. The number of hydrogen-bond donors (Lipinski definition) is 1. The molecule has 1 aliphatic rings. The number of thiophene rings is 1. The molecule has 0 radical (unpaired) electrons. The van der Waals surface area contributed by atoms with Gasteiger partial charge in [0.1, 0.15) is 6.54 Å². The predicted octanol–water partition coefficient (Wildman–Crippen LogP) is 3.13. The van der Waals surface area contributed by atoms with Crippen molar-refractivity contribution < 1.29 is 9.59 Å². The van der Waals surface area contributed by atoms with Gasteiger partial charge in [0.05, 0.1) is 23.5 Å². The van der Waals surface area contributed by atoms with E-state index in [0.29, 0.717) is 11.4 Å². The molecule has 0 atom stereocenters. The van der Waals surface area contributed by atoms with Crippen molar-refractivity contribution in [3.8, 4) is 0 Å². The quantitative estimate of drug-likeness (QED) is 0.929. The molecule has 24 heavy (non-hydrogen) atoms. The normalized spacial score (nSPS) is 14.2. The summed E-state index contributed by atoms with van der Waals surface area (Å²) in [5, 5.41) is 4.80. The highest BCUT2D eigenvalue weighted by Crippen LogP contribution is 2.33. The molecule has 124 valence electrons. The minimum absolute atomic E-state index is 0.00126. The average molecular weight is 341 g/mol. The molecule has 3 rings (SSSR count). The molecule has 0 unspecified atom stereocenters. The second kappa shape index (κ2) is 6.97. The van der Waals surface area contributed by atoms with Gasteiger partial charge in [0.15, 0.2) is 0 Å². The lowest BCUT2D eigenvalue weighted by Crippen LogP contribution is -2.43. The summed E-state index contributed by atoms with van der Waals surface area (Å²) in [6.07, 6.45) is 0.185. The molecule has 2 amide bonds. The molecule has 6 heteroatoms. The molecule has 0 fully saturated rings. The smallest absolute Gasteiger partial charge is 0.240 e. The Kier molecular flexibility index (Phi) is 4.76. The van der Waals surface area contributed by atoms with Crippen molar-refractivity contribution in [1.82, 2.24) is 5.32 Å². The Morgan fingerprint density at radius 3 is 2.79 bits per heavy atom. The largest absolute Gasteiger partial charge is 0.352 e. The zero-order valence-electron chi connectivity index (χ0n) is 13.7. The zero-order valence-corrected chi connectivity index (χ0v) is 14.5. The highest BCUT2D eigenvalue weighted by atomic mass is 32.1. The maximum atomic E-state index is 12.8. The summed E-state index contributed by atoms with van der Waals surface area (Å²) < 4.78 is 0. The molecule has 2 heterocycles. The van der Waals surface area contributed by atoms with Crippen molar-refractivity contribution in [1.29, 1.82) is 0 Å². The first-order valence-corrected chi connectivity index (χ1v) is 8.73. The van der Waals surface area contributed by atoms with Gasteiger partial charge in [-0.3, -0.25) is 9.59 Å². The number of amides is 2. The first-order chi connectivity index (χ1) is 11.5. The Morgan fingerprint density at radius 2 is 2.08 bits per heavy atom. The summed E-state index contributed by atoms with van der Waals surface area (Å²) in [6, 6.07) is 11.4. The number of carbonyl (C=O) groups excluding carboxylic acids is 2. The Morgan fingerprint density at radius 1 is 1.29 bits per heavy atom. The maximum absolute atomic E-state index is 12.8. The second-order valence-corrected chi connectivity index (χ2v) is 6.85. The number of carbonyl (C=O) groups is 2. The Labute approximate surface area is 145 Å². The lowest BCUT2D eigenvalue weighted by atomic mass is 10.2. The van der Waals surface area contributed by atoms with Crippen LogP contribution in [0.15, 0.2) is 46.8 Å². The van der Waals surface area contributed by atoms with Crippen LogP contribution in [0.25, 0.3) is 0 Å². The fourth-order valence-corrected chi connectivity index (χ4v) is 3.33. The van der Waals surface area contributed by atoms with E-state index in [1.807, 2.05) is 55.6 Å². The first-order valence-electron chi connectivity index (χ1n) is 7.85. The number of anilines is 1. The van der Waals surface area contributed by atoms with Gasteiger partial charge in [-0.25, -0.2) is 4.99 Å². The van der Waals surface area contributed by atoms with Crippen molar-refractivity contribution >= 4 is 40.2 Å². The van der Waals surface area contributed by atoms with E-state index in [9.17, 15) is 9.59 Å². The lowest BCUT2D eigenvalue weighted by molar-refractivity contribution is -0.123. The van der Waals surface area contributed by atoms with Gasteiger partial charge in [0.2, 0.25) is 11.8 Å². The topological polar surface area (TPSA) is 61.8 Å². The first kappa shape index (κ1) is 16.4. The lowest BCUT2D eigenvalue weighted by Gasteiger charge is -2.22. The molecular weight excluding hydrogens is 322 g/mol. The maximum Gasteiger partial charge on any atom is 0.240 e. The van der Waals surface area contributed by atoms with E-state index in [1.54, 1.807) is 11.3 Å². The van der Waals surface area contributed by atoms with Crippen LogP contribution in [0.5, 0.6) is 0 Å². The molecule has 1 N–H and O–H groups in total. The summed E-state index contributed by atoms with van der Waals surface area (Å²) in [5.41, 5.74) is 2.13. The van der Waals surface area contributed by atoms with Gasteiger partial charge >= 0.3 is 0 Å². The summed E-state index contributed by atoms with van der Waals surface area (Å²) >= 11 is 1.56. The summed E-state index contributed by atoms with van der Waals surface area (Å²) in [7, 11) is 0. The van der Waals surface area contributed by atoms with E-state index in [2.05, 4.69) is 10.3 Å². The van der Waals surface area contributed by atoms with Gasteiger partial charge in [-0.2, -0.15) is 0 Å². The minimum atomic E-state index is -0.173. The Hall–Kier alpha value is -2.47. The second-order valence-electron chi connectivity index (χ2n) is 5.90. The van der Waals surface area contributed by atoms with Crippen molar-refractivity contribution in [3.05, 3.63) is 46.7 Å². The Balaban J connectivity index is 1.95. The molecule has 0 aliphatic carbocycles. The SMILES string of the molecule is CC(C)NC(=O)CN1C(=O)CC(c2cccs2)=Nc2ccccc21. The van der Waals surface area contributed by atoms with Gasteiger partial charge in [0.25, 0.3) is 0 Å². The van der Waals surface area contributed by atoms with Gasteiger partial charge in [-0.05, 0) is 37.4 Å².